The Morgan fingerprint density at radius 2 is 2.06 bits per heavy atom. The molecule has 0 amide bonds. The number of nitrogens with zero attached hydrogens (tertiary/aromatic N) is 1. The molecule has 0 radical (unpaired) electrons. The highest BCUT2D eigenvalue weighted by molar-refractivity contribution is 5.87. The van der Waals surface area contributed by atoms with Crippen LogP contribution in [0, 0.1) is 0 Å². The standard InChI is InChI=1S/C11H10F3NO3/c1-17-9-5-8(11(12,13)14)7(6-15-9)3-4-10(16)18-2/h3-6H,1-2H3. The monoisotopic (exact) mass is 261 g/mol. The number of aromatic nitrogens is 1. The highest BCUT2D eigenvalue weighted by atomic mass is 19.4. The summed E-state index contributed by atoms with van der Waals surface area (Å²) >= 11 is 0. The summed E-state index contributed by atoms with van der Waals surface area (Å²) in [6.45, 7) is 0. The normalized spacial score (nSPS) is 11.6. The lowest BCUT2D eigenvalue weighted by molar-refractivity contribution is -0.138. The van der Waals surface area contributed by atoms with Gasteiger partial charge in [0.1, 0.15) is 0 Å². The Labute approximate surface area is 101 Å². The third-order valence-corrected chi connectivity index (χ3v) is 2.02. The molecule has 0 saturated heterocycles. The molecule has 18 heavy (non-hydrogen) atoms. The smallest absolute Gasteiger partial charge is 0.417 e. The van der Waals surface area contributed by atoms with E-state index >= 15 is 0 Å². The summed E-state index contributed by atoms with van der Waals surface area (Å²) in [7, 11) is 2.34. The molecule has 1 heterocycles. The average molecular weight is 261 g/mol. The number of halogens is 3. The molecule has 1 aromatic heterocycles. The molecule has 0 aromatic carbocycles. The van der Waals surface area contributed by atoms with Gasteiger partial charge in [0.2, 0.25) is 5.88 Å². The molecular weight excluding hydrogens is 251 g/mol. The fourth-order valence-corrected chi connectivity index (χ4v) is 1.16. The molecule has 1 rings (SSSR count). The predicted molar refractivity (Wildman–Crippen MR) is 56.8 cm³/mol. The van der Waals surface area contributed by atoms with Crippen LogP contribution in [-0.2, 0) is 15.7 Å². The lowest BCUT2D eigenvalue weighted by atomic mass is 10.1. The van der Waals surface area contributed by atoms with E-state index in [0.29, 0.717) is 0 Å². The van der Waals surface area contributed by atoms with Gasteiger partial charge in [-0.1, -0.05) is 0 Å². The molecule has 0 aliphatic rings. The number of alkyl halides is 3. The van der Waals surface area contributed by atoms with Crippen molar-refractivity contribution in [1.29, 1.82) is 0 Å². The largest absolute Gasteiger partial charge is 0.481 e. The van der Waals surface area contributed by atoms with E-state index in [1.807, 2.05) is 0 Å². The van der Waals surface area contributed by atoms with Crippen LogP contribution in [0.5, 0.6) is 5.88 Å². The Morgan fingerprint density at radius 1 is 1.39 bits per heavy atom. The van der Waals surface area contributed by atoms with Crippen molar-refractivity contribution in [3.63, 3.8) is 0 Å². The molecule has 0 unspecified atom stereocenters. The number of carbonyl (C=O) groups is 1. The van der Waals surface area contributed by atoms with Crippen molar-refractivity contribution < 1.29 is 27.4 Å². The molecule has 0 atom stereocenters. The summed E-state index contributed by atoms with van der Waals surface area (Å²) in [5, 5.41) is 0. The van der Waals surface area contributed by atoms with E-state index in [0.717, 1.165) is 31.5 Å². The summed E-state index contributed by atoms with van der Waals surface area (Å²) < 4.78 is 47.1. The second kappa shape index (κ2) is 5.52. The Hall–Kier alpha value is -2.05. The minimum absolute atomic E-state index is 0.155. The van der Waals surface area contributed by atoms with Gasteiger partial charge in [0.25, 0.3) is 0 Å². The fraction of sp³-hybridized carbons (Fsp3) is 0.273. The number of hydrogen-bond donors (Lipinski definition) is 0. The SMILES string of the molecule is COC(=O)C=Cc1cnc(OC)cc1C(F)(F)F. The lowest BCUT2D eigenvalue weighted by Crippen LogP contribution is -2.08. The number of methoxy groups -OCH3 is 2. The van der Waals surface area contributed by atoms with Crippen LogP contribution in [-0.4, -0.2) is 25.2 Å². The summed E-state index contributed by atoms with van der Waals surface area (Å²) in [6, 6.07) is 0.761. The molecular formula is C11H10F3NO3. The number of esters is 1. The topological polar surface area (TPSA) is 48.4 Å². The molecule has 0 spiro atoms. The maximum atomic E-state index is 12.7. The molecule has 0 saturated carbocycles. The van der Waals surface area contributed by atoms with E-state index in [1.54, 1.807) is 0 Å². The first-order valence-electron chi connectivity index (χ1n) is 4.75. The second-order valence-corrected chi connectivity index (χ2v) is 3.17. The Morgan fingerprint density at radius 3 is 2.56 bits per heavy atom. The van der Waals surface area contributed by atoms with Crippen molar-refractivity contribution in [2.45, 2.75) is 6.18 Å². The second-order valence-electron chi connectivity index (χ2n) is 3.17. The van der Waals surface area contributed by atoms with Gasteiger partial charge in [-0.05, 0) is 6.08 Å². The van der Waals surface area contributed by atoms with Gasteiger partial charge in [-0.2, -0.15) is 13.2 Å². The van der Waals surface area contributed by atoms with Gasteiger partial charge in [0.15, 0.2) is 0 Å². The summed E-state index contributed by atoms with van der Waals surface area (Å²) in [5.41, 5.74) is -1.18. The molecule has 0 aliphatic heterocycles. The van der Waals surface area contributed by atoms with Gasteiger partial charge in [-0.25, -0.2) is 9.78 Å². The van der Waals surface area contributed by atoms with Gasteiger partial charge in [-0.3, -0.25) is 0 Å². The number of carbonyl (C=O) groups excluding carboxylic acids is 1. The van der Waals surface area contributed by atoms with Gasteiger partial charge < -0.3 is 9.47 Å². The maximum absolute atomic E-state index is 12.7. The van der Waals surface area contributed by atoms with Crippen LogP contribution in [0.2, 0.25) is 0 Å². The Bertz CT molecular complexity index is 469. The van der Waals surface area contributed by atoms with Crippen LogP contribution in [0.1, 0.15) is 11.1 Å². The number of hydrogen-bond acceptors (Lipinski definition) is 4. The van der Waals surface area contributed by atoms with E-state index in [-0.39, 0.29) is 11.4 Å². The fourth-order valence-electron chi connectivity index (χ4n) is 1.16. The van der Waals surface area contributed by atoms with Crippen molar-refractivity contribution in [3.05, 3.63) is 29.5 Å². The first kappa shape index (κ1) is 14.0. The molecule has 4 nitrogen and oxygen atoms in total. The molecule has 7 heteroatoms. The maximum Gasteiger partial charge on any atom is 0.417 e. The van der Waals surface area contributed by atoms with Crippen molar-refractivity contribution in [3.8, 4) is 5.88 Å². The van der Waals surface area contributed by atoms with Gasteiger partial charge >= 0.3 is 12.1 Å². The van der Waals surface area contributed by atoms with E-state index in [1.165, 1.54) is 7.11 Å². The molecule has 98 valence electrons. The van der Waals surface area contributed by atoms with Crippen LogP contribution in [0.4, 0.5) is 13.2 Å². The van der Waals surface area contributed by atoms with E-state index < -0.39 is 17.7 Å². The molecule has 0 bridgehead atoms. The van der Waals surface area contributed by atoms with Gasteiger partial charge in [0, 0.05) is 23.9 Å². The Kier molecular flexibility index (Phi) is 4.30. The summed E-state index contributed by atoms with van der Waals surface area (Å²) in [5.74, 6) is -0.906. The highest BCUT2D eigenvalue weighted by Crippen LogP contribution is 2.34. The molecule has 0 N–H and O–H groups in total. The van der Waals surface area contributed by atoms with Crippen LogP contribution in [0.3, 0.4) is 0 Å². The van der Waals surface area contributed by atoms with Crippen LogP contribution >= 0.6 is 0 Å². The quantitative estimate of drug-likeness (QED) is 0.618. The van der Waals surface area contributed by atoms with E-state index in [4.69, 9.17) is 0 Å². The highest BCUT2D eigenvalue weighted by Gasteiger charge is 2.33. The molecule has 0 aliphatic carbocycles. The Balaban J connectivity index is 3.19. The van der Waals surface area contributed by atoms with E-state index in [9.17, 15) is 18.0 Å². The zero-order valence-corrected chi connectivity index (χ0v) is 9.62. The van der Waals surface area contributed by atoms with Gasteiger partial charge in [-0.15, -0.1) is 0 Å². The number of rotatable bonds is 3. The number of ether oxygens (including phenoxy) is 2. The number of pyridine rings is 1. The molecule has 0 fully saturated rings. The third-order valence-electron chi connectivity index (χ3n) is 2.02. The third kappa shape index (κ3) is 3.47. The summed E-state index contributed by atoms with van der Waals surface area (Å²) in [6.07, 6.45) is -1.72. The van der Waals surface area contributed by atoms with Crippen LogP contribution in [0.15, 0.2) is 18.3 Å². The summed E-state index contributed by atoms with van der Waals surface area (Å²) in [4.78, 5) is 14.5. The van der Waals surface area contributed by atoms with Crippen molar-refractivity contribution in [2.75, 3.05) is 14.2 Å². The van der Waals surface area contributed by atoms with E-state index in [2.05, 4.69) is 14.5 Å². The average Bonchev–Trinajstić information content (AvgIpc) is 2.34. The predicted octanol–water partition coefficient (Wildman–Crippen LogP) is 2.30. The van der Waals surface area contributed by atoms with Crippen molar-refractivity contribution in [2.24, 2.45) is 0 Å². The minimum atomic E-state index is -4.56. The minimum Gasteiger partial charge on any atom is -0.481 e. The van der Waals surface area contributed by atoms with Crippen LogP contribution in [0.25, 0.3) is 6.08 Å². The first-order valence-corrected chi connectivity index (χ1v) is 4.75. The molecule has 1 aromatic rings. The first-order chi connectivity index (χ1) is 8.38. The van der Waals surface area contributed by atoms with Crippen molar-refractivity contribution >= 4 is 12.0 Å². The van der Waals surface area contributed by atoms with Crippen molar-refractivity contribution in [1.82, 2.24) is 4.98 Å². The van der Waals surface area contributed by atoms with Gasteiger partial charge in [0.05, 0.1) is 19.8 Å². The zero-order chi connectivity index (χ0) is 13.8. The lowest BCUT2D eigenvalue weighted by Gasteiger charge is -2.11. The van der Waals surface area contributed by atoms with Crippen LogP contribution < -0.4 is 4.74 Å². The zero-order valence-electron chi connectivity index (χ0n) is 9.62.